The molecule has 2 rings (SSSR count). The minimum atomic E-state index is -1.37. The lowest BCUT2D eigenvalue weighted by atomic mass is 10.1. The molecule has 0 fully saturated rings. The Morgan fingerprint density at radius 2 is 1.82 bits per heavy atom. The lowest BCUT2D eigenvalue weighted by Crippen LogP contribution is -2.29. The number of ether oxygens (including phenoxy) is 3. The molecule has 2 aromatic carbocycles. The maximum Gasteiger partial charge on any atom is 0.266 e. The maximum atomic E-state index is 12.3. The van der Waals surface area contributed by atoms with Gasteiger partial charge in [-0.3, -0.25) is 4.79 Å². The van der Waals surface area contributed by atoms with Gasteiger partial charge in [0.1, 0.15) is 24.0 Å². The van der Waals surface area contributed by atoms with Gasteiger partial charge in [0, 0.05) is 5.69 Å². The zero-order valence-corrected chi connectivity index (χ0v) is 15.2. The third-order valence-corrected chi connectivity index (χ3v) is 3.56. The first-order chi connectivity index (χ1) is 13.5. The van der Waals surface area contributed by atoms with Gasteiger partial charge in [-0.05, 0) is 48.0 Å². The minimum Gasteiger partial charge on any atom is -0.546 e. The Kier molecular flexibility index (Phi) is 6.99. The first kappa shape index (κ1) is 20.3. The average molecular weight is 381 g/mol. The summed E-state index contributed by atoms with van der Waals surface area (Å²) in [7, 11) is 2.92. The number of nitriles is 1. The van der Waals surface area contributed by atoms with Gasteiger partial charge >= 0.3 is 0 Å². The van der Waals surface area contributed by atoms with E-state index >= 15 is 0 Å². The molecule has 0 heterocycles. The van der Waals surface area contributed by atoms with E-state index in [0.717, 1.165) is 0 Å². The summed E-state index contributed by atoms with van der Waals surface area (Å²) >= 11 is 0. The van der Waals surface area contributed by atoms with Gasteiger partial charge < -0.3 is 29.4 Å². The summed E-state index contributed by atoms with van der Waals surface area (Å²) in [5, 5.41) is 22.5. The molecule has 0 saturated carbocycles. The van der Waals surface area contributed by atoms with Crippen molar-refractivity contribution in [2.75, 3.05) is 26.1 Å². The van der Waals surface area contributed by atoms with E-state index in [-0.39, 0.29) is 17.1 Å². The molecule has 0 unspecified atom stereocenters. The number of methoxy groups -OCH3 is 2. The number of carboxylic acid groups (broad SMARTS) is 1. The Morgan fingerprint density at radius 1 is 1.11 bits per heavy atom. The fraction of sp³-hybridized carbons (Fsp3) is 0.150. The molecule has 28 heavy (non-hydrogen) atoms. The largest absolute Gasteiger partial charge is 0.546 e. The van der Waals surface area contributed by atoms with Crippen molar-refractivity contribution in [3.8, 4) is 23.3 Å². The van der Waals surface area contributed by atoms with E-state index in [1.165, 1.54) is 32.4 Å². The third kappa shape index (κ3) is 5.51. The van der Waals surface area contributed by atoms with Gasteiger partial charge in [-0.1, -0.05) is 6.07 Å². The van der Waals surface area contributed by atoms with Crippen molar-refractivity contribution in [2.45, 2.75) is 0 Å². The highest BCUT2D eigenvalue weighted by Crippen LogP contribution is 2.29. The van der Waals surface area contributed by atoms with E-state index in [1.54, 1.807) is 30.3 Å². The number of nitrogens with zero attached hydrogens (tertiary/aromatic N) is 1. The number of amides is 1. The van der Waals surface area contributed by atoms with Gasteiger partial charge in [-0.2, -0.15) is 5.26 Å². The predicted octanol–water partition coefficient (Wildman–Crippen LogP) is 1.38. The van der Waals surface area contributed by atoms with Gasteiger partial charge in [0.15, 0.2) is 11.5 Å². The first-order valence-electron chi connectivity index (χ1n) is 8.04. The van der Waals surface area contributed by atoms with Gasteiger partial charge in [0.05, 0.1) is 20.2 Å². The molecule has 0 saturated heterocycles. The summed E-state index contributed by atoms with van der Waals surface area (Å²) in [6, 6.07) is 13.1. The van der Waals surface area contributed by atoms with Gasteiger partial charge in [-0.15, -0.1) is 0 Å². The van der Waals surface area contributed by atoms with Crippen LogP contribution < -0.4 is 24.6 Å². The quantitative estimate of drug-likeness (QED) is 0.541. The number of nitrogens with one attached hydrogen (secondary N) is 1. The van der Waals surface area contributed by atoms with Crippen molar-refractivity contribution < 1.29 is 28.9 Å². The fourth-order valence-electron chi connectivity index (χ4n) is 2.22. The number of carboxylic acids is 1. The number of anilines is 1. The summed E-state index contributed by atoms with van der Waals surface area (Å²) < 4.78 is 15.3. The lowest BCUT2D eigenvalue weighted by molar-refractivity contribution is -0.307. The van der Waals surface area contributed by atoms with E-state index in [4.69, 9.17) is 14.2 Å². The van der Waals surface area contributed by atoms with Crippen LogP contribution in [-0.2, 0) is 9.59 Å². The summed E-state index contributed by atoms with van der Waals surface area (Å²) in [5.74, 6) is -0.855. The zero-order chi connectivity index (χ0) is 20.5. The number of rotatable bonds is 8. The number of carbonyl (C=O) groups is 2. The van der Waals surface area contributed by atoms with Gasteiger partial charge in [0.25, 0.3) is 5.91 Å². The first-order valence-corrected chi connectivity index (χ1v) is 8.04. The number of benzene rings is 2. The SMILES string of the molecule is COc1ccc(NC(=O)/C(C#N)=C/c2ccc(OCC(=O)[O-])c(OC)c2)cc1. The standard InChI is InChI=1S/C20H18N2O6/c1-26-16-6-4-15(5-7-16)22-20(25)14(11-21)9-13-3-8-17(18(10-13)27-2)28-12-19(23)24/h3-10H,12H2,1-2H3,(H,22,25)(H,23,24)/p-1/b14-9+. The fourth-order valence-corrected chi connectivity index (χ4v) is 2.22. The molecule has 1 N–H and O–H groups in total. The highest BCUT2D eigenvalue weighted by Gasteiger charge is 2.11. The van der Waals surface area contributed by atoms with E-state index in [0.29, 0.717) is 17.0 Å². The Labute approximate surface area is 161 Å². The molecule has 144 valence electrons. The molecular weight excluding hydrogens is 364 g/mol. The van der Waals surface area contributed by atoms with Crippen molar-refractivity contribution in [2.24, 2.45) is 0 Å². The average Bonchev–Trinajstić information content (AvgIpc) is 2.71. The van der Waals surface area contributed by atoms with Crippen LogP contribution in [-0.4, -0.2) is 32.7 Å². The van der Waals surface area contributed by atoms with Crippen molar-refractivity contribution in [1.82, 2.24) is 0 Å². The van der Waals surface area contributed by atoms with E-state index < -0.39 is 18.5 Å². The molecular formula is C20H17N2O6-. The monoisotopic (exact) mass is 381 g/mol. The number of aliphatic carboxylic acids is 1. The van der Waals surface area contributed by atoms with Crippen LogP contribution in [0.15, 0.2) is 48.0 Å². The van der Waals surface area contributed by atoms with E-state index in [1.807, 2.05) is 6.07 Å². The molecule has 0 aliphatic rings. The minimum absolute atomic E-state index is 0.124. The summed E-state index contributed by atoms with van der Waals surface area (Å²) in [5.41, 5.74) is 0.885. The number of hydrogen-bond acceptors (Lipinski definition) is 7. The molecule has 0 aliphatic carbocycles. The normalized spacial score (nSPS) is 10.5. The smallest absolute Gasteiger partial charge is 0.266 e. The second-order valence-electron chi connectivity index (χ2n) is 5.42. The van der Waals surface area contributed by atoms with Crippen LogP contribution >= 0.6 is 0 Å². The van der Waals surface area contributed by atoms with Crippen LogP contribution in [0.2, 0.25) is 0 Å². The topological polar surface area (TPSA) is 121 Å². The van der Waals surface area contributed by atoms with Crippen molar-refractivity contribution in [3.63, 3.8) is 0 Å². The molecule has 0 atom stereocenters. The van der Waals surface area contributed by atoms with Gasteiger partial charge in [0.2, 0.25) is 0 Å². The Morgan fingerprint density at radius 3 is 2.39 bits per heavy atom. The van der Waals surface area contributed by atoms with Gasteiger partial charge in [-0.25, -0.2) is 0 Å². The molecule has 0 bridgehead atoms. The van der Waals surface area contributed by atoms with Crippen molar-refractivity contribution in [3.05, 3.63) is 53.6 Å². The molecule has 0 radical (unpaired) electrons. The molecule has 8 nitrogen and oxygen atoms in total. The maximum absolute atomic E-state index is 12.3. The highest BCUT2D eigenvalue weighted by atomic mass is 16.5. The Hall–Kier alpha value is -3.99. The zero-order valence-electron chi connectivity index (χ0n) is 15.2. The number of carbonyl (C=O) groups excluding carboxylic acids is 2. The van der Waals surface area contributed by atoms with E-state index in [2.05, 4.69) is 5.32 Å². The summed E-state index contributed by atoms with van der Waals surface area (Å²) in [6.07, 6.45) is 1.38. The Balaban J connectivity index is 2.18. The van der Waals surface area contributed by atoms with Crippen molar-refractivity contribution in [1.29, 1.82) is 5.26 Å². The molecule has 1 amide bonds. The molecule has 0 aliphatic heterocycles. The van der Waals surface area contributed by atoms with Crippen LogP contribution in [0.25, 0.3) is 6.08 Å². The third-order valence-electron chi connectivity index (χ3n) is 3.56. The second-order valence-corrected chi connectivity index (χ2v) is 5.42. The Bertz CT molecular complexity index is 929. The lowest BCUT2D eigenvalue weighted by Gasteiger charge is -2.11. The van der Waals surface area contributed by atoms with Crippen LogP contribution in [0.1, 0.15) is 5.56 Å². The summed E-state index contributed by atoms with van der Waals surface area (Å²) in [4.78, 5) is 22.9. The number of hydrogen-bond donors (Lipinski definition) is 1. The van der Waals surface area contributed by atoms with Crippen LogP contribution in [0.4, 0.5) is 5.69 Å². The highest BCUT2D eigenvalue weighted by molar-refractivity contribution is 6.09. The molecule has 0 spiro atoms. The van der Waals surface area contributed by atoms with Crippen LogP contribution in [0.3, 0.4) is 0 Å². The van der Waals surface area contributed by atoms with Crippen LogP contribution in [0.5, 0.6) is 17.2 Å². The van der Waals surface area contributed by atoms with Crippen molar-refractivity contribution >= 4 is 23.6 Å². The molecule has 8 heteroatoms. The molecule has 2 aromatic rings. The van der Waals surface area contributed by atoms with Crippen LogP contribution in [0, 0.1) is 11.3 Å². The second kappa shape index (κ2) is 9.64. The van der Waals surface area contributed by atoms with E-state index in [9.17, 15) is 20.0 Å². The predicted molar refractivity (Wildman–Crippen MR) is 98.7 cm³/mol. The summed E-state index contributed by atoms with van der Waals surface area (Å²) in [6.45, 7) is -0.626. The molecule has 0 aromatic heterocycles.